The van der Waals surface area contributed by atoms with Gasteiger partial charge >= 0.3 is 6.03 Å². The fourth-order valence-corrected chi connectivity index (χ4v) is 4.99. The Bertz CT molecular complexity index is 1240. The second-order valence-corrected chi connectivity index (χ2v) is 11.0. The van der Waals surface area contributed by atoms with Crippen molar-refractivity contribution in [1.29, 1.82) is 0 Å². The average molecular weight is 497 g/mol. The van der Waals surface area contributed by atoms with Gasteiger partial charge in [0.2, 0.25) is 10.0 Å². The van der Waals surface area contributed by atoms with Gasteiger partial charge in [-0.2, -0.15) is 5.10 Å². The summed E-state index contributed by atoms with van der Waals surface area (Å²) in [5.74, 6) is 0.539. The van der Waals surface area contributed by atoms with Crippen molar-refractivity contribution in [3.63, 3.8) is 0 Å². The van der Waals surface area contributed by atoms with E-state index < -0.39 is 10.0 Å². The van der Waals surface area contributed by atoms with Crippen LogP contribution in [0.4, 0.5) is 10.6 Å². The molecular weight excluding hydrogens is 464 g/mol. The smallest absolute Gasteiger partial charge is 0.320 e. The summed E-state index contributed by atoms with van der Waals surface area (Å²) < 4.78 is 27.5. The van der Waals surface area contributed by atoms with Crippen LogP contribution in [0.5, 0.6) is 0 Å². The molecule has 0 spiro atoms. The largest absolute Gasteiger partial charge is 0.337 e. The van der Waals surface area contributed by atoms with Crippen LogP contribution in [0.1, 0.15) is 23.2 Å². The lowest BCUT2D eigenvalue weighted by atomic mass is 10.1. The van der Waals surface area contributed by atoms with Crippen molar-refractivity contribution in [2.75, 3.05) is 32.5 Å². The quantitative estimate of drug-likeness (QED) is 0.500. The topological polar surface area (TPSA) is 99.6 Å². The molecule has 1 aliphatic heterocycles. The number of rotatable bonds is 8. The van der Waals surface area contributed by atoms with Crippen molar-refractivity contribution in [2.45, 2.75) is 37.4 Å². The second-order valence-electron chi connectivity index (χ2n) is 8.86. The van der Waals surface area contributed by atoms with E-state index in [-0.39, 0.29) is 10.9 Å². The van der Waals surface area contributed by atoms with Crippen LogP contribution < -0.4 is 10.6 Å². The minimum atomic E-state index is -3.44. The van der Waals surface area contributed by atoms with Crippen LogP contribution in [0.25, 0.3) is 0 Å². The molecule has 0 saturated heterocycles. The Balaban J connectivity index is 1.27. The lowest BCUT2D eigenvalue weighted by Gasteiger charge is -2.19. The molecule has 0 saturated carbocycles. The first-order valence-electron chi connectivity index (χ1n) is 11.7. The zero-order valence-electron chi connectivity index (χ0n) is 20.1. The Hall–Kier alpha value is -3.21. The number of benzene rings is 2. The maximum Gasteiger partial charge on any atom is 0.320 e. The number of hydrogen-bond acceptors (Lipinski definition) is 5. The molecule has 0 unspecified atom stereocenters. The number of nitrogens with one attached hydrogen (secondary N) is 2. The molecule has 0 bridgehead atoms. The number of anilines is 1. The molecule has 9 nitrogen and oxygen atoms in total. The van der Waals surface area contributed by atoms with Gasteiger partial charge in [0.25, 0.3) is 0 Å². The van der Waals surface area contributed by atoms with Gasteiger partial charge in [0.1, 0.15) is 0 Å². The maximum atomic E-state index is 12.4. The van der Waals surface area contributed by atoms with Crippen molar-refractivity contribution in [3.8, 4) is 0 Å². The summed E-state index contributed by atoms with van der Waals surface area (Å²) in [5.41, 5.74) is 3.31. The van der Waals surface area contributed by atoms with E-state index in [1.807, 2.05) is 16.8 Å². The van der Waals surface area contributed by atoms with Crippen molar-refractivity contribution in [3.05, 3.63) is 77.5 Å². The number of sulfonamides is 1. The van der Waals surface area contributed by atoms with Gasteiger partial charge in [-0.05, 0) is 36.1 Å². The highest BCUT2D eigenvalue weighted by molar-refractivity contribution is 7.89. The van der Waals surface area contributed by atoms with Crippen LogP contribution in [-0.2, 0) is 36.1 Å². The predicted molar refractivity (Wildman–Crippen MR) is 135 cm³/mol. The number of urea groups is 1. The van der Waals surface area contributed by atoms with E-state index in [4.69, 9.17) is 0 Å². The molecule has 186 valence electrons. The Morgan fingerprint density at radius 2 is 1.77 bits per heavy atom. The zero-order valence-corrected chi connectivity index (χ0v) is 21.0. The molecule has 0 aliphatic carbocycles. The zero-order chi connectivity index (χ0) is 24.8. The molecule has 4 rings (SSSR count). The van der Waals surface area contributed by atoms with Gasteiger partial charge in [0, 0.05) is 52.9 Å². The molecule has 0 radical (unpaired) electrons. The third-order valence-corrected chi connectivity index (χ3v) is 7.81. The van der Waals surface area contributed by atoms with Crippen LogP contribution in [0.15, 0.2) is 65.6 Å². The van der Waals surface area contributed by atoms with Crippen molar-refractivity contribution >= 4 is 21.9 Å². The monoisotopic (exact) mass is 496 g/mol. The minimum Gasteiger partial charge on any atom is -0.337 e. The predicted octanol–water partition coefficient (Wildman–Crippen LogP) is 2.90. The van der Waals surface area contributed by atoms with Crippen LogP contribution in [0, 0.1) is 0 Å². The number of carbonyl (C=O) groups is 1. The number of carbonyl (C=O) groups excluding carboxylic acids is 1. The van der Waals surface area contributed by atoms with Gasteiger partial charge < -0.3 is 5.32 Å². The van der Waals surface area contributed by atoms with Crippen LogP contribution >= 0.6 is 0 Å². The van der Waals surface area contributed by atoms with E-state index in [2.05, 4.69) is 44.9 Å². The SMILES string of the molecule is CN(C)S(=O)(=O)c1ccc(CCNC(=O)Nc2cc3n(n2)CCCN(Cc2ccccc2)C3)cc1. The van der Waals surface area contributed by atoms with E-state index in [1.165, 1.54) is 24.0 Å². The highest BCUT2D eigenvalue weighted by atomic mass is 32.2. The molecule has 10 heteroatoms. The summed E-state index contributed by atoms with van der Waals surface area (Å²) in [7, 11) is -0.435. The standard InChI is InChI=1S/C25H32N6O3S/c1-29(2)35(33,34)23-11-9-20(10-12-23)13-14-26-25(32)27-24-17-22-19-30(15-6-16-31(22)28-24)18-21-7-4-3-5-8-21/h3-5,7-12,17H,6,13-16,18-19H2,1-2H3,(H2,26,27,28,32). The molecule has 35 heavy (non-hydrogen) atoms. The van der Waals surface area contributed by atoms with Gasteiger partial charge in [-0.3, -0.25) is 14.9 Å². The fraction of sp³-hybridized carbons (Fsp3) is 0.360. The first-order valence-corrected chi connectivity index (χ1v) is 13.1. The Morgan fingerprint density at radius 1 is 1.03 bits per heavy atom. The molecule has 3 aromatic rings. The summed E-state index contributed by atoms with van der Waals surface area (Å²) in [6.45, 7) is 3.92. The Labute approximate surface area is 206 Å². The minimum absolute atomic E-state index is 0.249. The van der Waals surface area contributed by atoms with Gasteiger partial charge in [-0.1, -0.05) is 42.5 Å². The van der Waals surface area contributed by atoms with Gasteiger partial charge in [-0.15, -0.1) is 0 Å². The van der Waals surface area contributed by atoms with E-state index >= 15 is 0 Å². The van der Waals surface area contributed by atoms with Crippen LogP contribution in [0.3, 0.4) is 0 Å². The number of fused-ring (bicyclic) bond motifs is 1. The van der Waals surface area contributed by atoms with Gasteiger partial charge in [0.05, 0.1) is 10.6 Å². The third kappa shape index (κ3) is 6.47. The van der Waals surface area contributed by atoms with Crippen LogP contribution in [0.2, 0.25) is 0 Å². The molecule has 2 N–H and O–H groups in total. The number of hydrogen-bond donors (Lipinski definition) is 2. The Kier molecular flexibility index (Phi) is 7.84. The molecule has 1 aliphatic rings. The summed E-state index contributed by atoms with van der Waals surface area (Å²) in [6, 6.07) is 18.8. The average Bonchev–Trinajstić information content (AvgIpc) is 3.10. The number of nitrogens with zero attached hydrogens (tertiary/aromatic N) is 4. The number of aryl methyl sites for hydroxylation is 1. The summed E-state index contributed by atoms with van der Waals surface area (Å²) in [4.78, 5) is 15.0. The van der Waals surface area contributed by atoms with Crippen molar-refractivity contribution in [2.24, 2.45) is 0 Å². The first kappa shape index (κ1) is 24.9. The van der Waals surface area contributed by atoms with Gasteiger partial charge in [-0.25, -0.2) is 17.5 Å². The molecule has 0 fully saturated rings. The molecular formula is C25H32N6O3S. The Morgan fingerprint density at radius 3 is 2.49 bits per heavy atom. The molecule has 0 atom stereocenters. The normalized spacial score (nSPS) is 14.4. The molecule has 2 aromatic carbocycles. The number of amides is 2. The summed E-state index contributed by atoms with van der Waals surface area (Å²) in [6.07, 6.45) is 1.59. The van der Waals surface area contributed by atoms with E-state index in [0.29, 0.717) is 18.8 Å². The summed E-state index contributed by atoms with van der Waals surface area (Å²) in [5, 5.41) is 10.2. The highest BCUT2D eigenvalue weighted by Crippen LogP contribution is 2.18. The second kappa shape index (κ2) is 11.0. The van der Waals surface area contributed by atoms with Crippen molar-refractivity contribution in [1.82, 2.24) is 24.3 Å². The maximum absolute atomic E-state index is 12.4. The van der Waals surface area contributed by atoms with E-state index in [1.54, 1.807) is 24.3 Å². The summed E-state index contributed by atoms with van der Waals surface area (Å²) >= 11 is 0. The van der Waals surface area contributed by atoms with Gasteiger partial charge in [0.15, 0.2) is 5.82 Å². The molecule has 1 aromatic heterocycles. The fourth-order valence-electron chi connectivity index (χ4n) is 4.09. The number of aromatic nitrogens is 2. The van der Waals surface area contributed by atoms with Crippen molar-refractivity contribution < 1.29 is 13.2 Å². The lowest BCUT2D eigenvalue weighted by molar-refractivity contribution is 0.252. The molecule has 2 heterocycles. The van der Waals surface area contributed by atoms with Crippen LogP contribution in [-0.4, -0.2) is 60.6 Å². The third-order valence-electron chi connectivity index (χ3n) is 5.98. The van der Waals surface area contributed by atoms with E-state index in [9.17, 15) is 13.2 Å². The lowest BCUT2D eigenvalue weighted by Crippen LogP contribution is -2.30. The highest BCUT2D eigenvalue weighted by Gasteiger charge is 2.18. The molecule has 2 amide bonds. The van der Waals surface area contributed by atoms with E-state index in [0.717, 1.165) is 43.9 Å². The first-order chi connectivity index (χ1) is 16.8.